The molecule has 0 bridgehead atoms. The highest BCUT2D eigenvalue weighted by atomic mass is 19.4. The highest BCUT2D eigenvalue weighted by Gasteiger charge is 2.33. The van der Waals surface area contributed by atoms with Crippen LogP contribution in [-0.4, -0.2) is 31.2 Å². The molecule has 1 aliphatic heterocycles. The van der Waals surface area contributed by atoms with Crippen LogP contribution in [0.2, 0.25) is 0 Å². The summed E-state index contributed by atoms with van der Waals surface area (Å²) in [6.45, 7) is 5.48. The van der Waals surface area contributed by atoms with Gasteiger partial charge in [0, 0.05) is 13.1 Å². The Bertz CT molecular complexity index is 442. The quantitative estimate of drug-likeness (QED) is 0.904. The first-order valence-electron chi connectivity index (χ1n) is 7.50. The molecule has 3 nitrogen and oxygen atoms in total. The van der Waals surface area contributed by atoms with E-state index in [-0.39, 0.29) is 0 Å². The molecule has 0 amide bonds. The van der Waals surface area contributed by atoms with Crippen molar-refractivity contribution in [1.29, 1.82) is 0 Å². The number of nitrogens with zero attached hydrogens (tertiary/aromatic N) is 2. The number of anilines is 1. The van der Waals surface area contributed by atoms with Crippen LogP contribution in [-0.2, 0) is 6.18 Å². The molecule has 21 heavy (non-hydrogen) atoms. The molecular formula is C15H22F3N3. The summed E-state index contributed by atoms with van der Waals surface area (Å²) < 4.78 is 38.4. The van der Waals surface area contributed by atoms with Crippen molar-refractivity contribution in [3.8, 4) is 0 Å². The lowest BCUT2D eigenvalue weighted by Gasteiger charge is -2.31. The van der Waals surface area contributed by atoms with Crippen molar-refractivity contribution in [2.24, 2.45) is 5.92 Å². The minimum Gasteiger partial charge on any atom is -0.356 e. The van der Waals surface area contributed by atoms with Gasteiger partial charge in [-0.3, -0.25) is 0 Å². The van der Waals surface area contributed by atoms with Crippen LogP contribution in [0.5, 0.6) is 0 Å². The van der Waals surface area contributed by atoms with Crippen LogP contribution in [0.4, 0.5) is 19.0 Å². The van der Waals surface area contributed by atoms with Gasteiger partial charge in [-0.1, -0.05) is 13.0 Å². The number of pyridine rings is 1. The van der Waals surface area contributed by atoms with Gasteiger partial charge in [0.15, 0.2) is 0 Å². The van der Waals surface area contributed by atoms with Crippen molar-refractivity contribution in [3.63, 3.8) is 0 Å². The Morgan fingerprint density at radius 1 is 1.38 bits per heavy atom. The molecule has 1 fully saturated rings. The Hall–Kier alpha value is -1.30. The average molecular weight is 301 g/mol. The highest BCUT2D eigenvalue weighted by molar-refractivity contribution is 5.39. The number of halogens is 3. The zero-order valence-corrected chi connectivity index (χ0v) is 12.3. The van der Waals surface area contributed by atoms with Gasteiger partial charge in [0.2, 0.25) is 0 Å². The smallest absolute Gasteiger partial charge is 0.356 e. The van der Waals surface area contributed by atoms with Gasteiger partial charge in [-0.05, 0) is 50.4 Å². The van der Waals surface area contributed by atoms with E-state index in [2.05, 4.69) is 10.3 Å². The van der Waals surface area contributed by atoms with Gasteiger partial charge < -0.3 is 10.2 Å². The number of aromatic nitrogens is 1. The Labute approximate surface area is 123 Å². The van der Waals surface area contributed by atoms with E-state index in [4.69, 9.17) is 0 Å². The minimum atomic E-state index is -4.39. The highest BCUT2D eigenvalue weighted by Crippen LogP contribution is 2.29. The summed E-state index contributed by atoms with van der Waals surface area (Å²) in [4.78, 5) is 5.79. The molecule has 118 valence electrons. The molecular weight excluding hydrogens is 279 g/mol. The molecule has 2 heterocycles. The number of hydrogen-bond donors (Lipinski definition) is 1. The van der Waals surface area contributed by atoms with E-state index in [1.807, 2.05) is 11.8 Å². The second kappa shape index (κ2) is 7.11. The molecule has 0 radical (unpaired) electrons. The van der Waals surface area contributed by atoms with Crippen molar-refractivity contribution in [2.45, 2.75) is 32.4 Å². The standard InChI is InChI=1S/C15H22F3N3/c1-2-9-21(11-12-5-4-8-19-10-12)14-7-3-6-13(20-14)15(16,17)18/h3,6-7,12,19H,2,4-5,8-11H2,1H3. The molecule has 1 aromatic rings. The Morgan fingerprint density at radius 3 is 2.81 bits per heavy atom. The van der Waals surface area contributed by atoms with Gasteiger partial charge in [0.05, 0.1) is 0 Å². The summed E-state index contributed by atoms with van der Waals surface area (Å²) in [5, 5.41) is 3.34. The van der Waals surface area contributed by atoms with Crippen molar-refractivity contribution in [3.05, 3.63) is 23.9 Å². The predicted octanol–water partition coefficient (Wildman–Crippen LogP) is 3.32. The van der Waals surface area contributed by atoms with Crippen molar-refractivity contribution >= 4 is 5.82 Å². The van der Waals surface area contributed by atoms with Crippen LogP contribution < -0.4 is 10.2 Å². The molecule has 0 aromatic carbocycles. The fourth-order valence-electron chi connectivity index (χ4n) is 2.72. The van der Waals surface area contributed by atoms with E-state index in [1.165, 1.54) is 6.07 Å². The summed E-state index contributed by atoms with van der Waals surface area (Å²) in [6, 6.07) is 4.13. The zero-order valence-electron chi connectivity index (χ0n) is 12.3. The third-order valence-corrected chi connectivity index (χ3v) is 3.72. The van der Waals surface area contributed by atoms with Crippen molar-refractivity contribution < 1.29 is 13.2 Å². The van der Waals surface area contributed by atoms with E-state index >= 15 is 0 Å². The zero-order chi connectivity index (χ0) is 15.3. The van der Waals surface area contributed by atoms with Gasteiger partial charge in [0.1, 0.15) is 11.5 Å². The summed E-state index contributed by atoms with van der Waals surface area (Å²) in [6.07, 6.45) is -1.26. The molecule has 1 aliphatic rings. The number of rotatable bonds is 5. The Morgan fingerprint density at radius 2 is 2.19 bits per heavy atom. The minimum absolute atomic E-state index is 0.428. The van der Waals surface area contributed by atoms with Gasteiger partial charge in [0.25, 0.3) is 0 Å². The van der Waals surface area contributed by atoms with Gasteiger partial charge in [-0.25, -0.2) is 4.98 Å². The second-order valence-electron chi connectivity index (χ2n) is 5.54. The summed E-state index contributed by atoms with van der Waals surface area (Å²) in [7, 11) is 0. The van der Waals surface area contributed by atoms with E-state index in [0.717, 1.165) is 51.5 Å². The normalized spacial score (nSPS) is 19.5. The third kappa shape index (κ3) is 4.59. The molecule has 1 aromatic heterocycles. The molecule has 2 rings (SSSR count). The largest absolute Gasteiger partial charge is 0.433 e. The van der Waals surface area contributed by atoms with Gasteiger partial charge in [-0.2, -0.15) is 13.2 Å². The molecule has 6 heteroatoms. The second-order valence-corrected chi connectivity index (χ2v) is 5.54. The molecule has 0 spiro atoms. The molecule has 0 saturated carbocycles. The maximum absolute atomic E-state index is 12.8. The van der Waals surface area contributed by atoms with E-state index in [1.54, 1.807) is 6.07 Å². The van der Waals surface area contributed by atoms with Gasteiger partial charge >= 0.3 is 6.18 Å². The summed E-state index contributed by atoms with van der Waals surface area (Å²) in [5.41, 5.74) is -0.817. The maximum atomic E-state index is 12.8. The lowest BCUT2D eigenvalue weighted by molar-refractivity contribution is -0.141. The van der Waals surface area contributed by atoms with E-state index in [9.17, 15) is 13.2 Å². The average Bonchev–Trinajstić information content (AvgIpc) is 2.47. The molecule has 1 N–H and O–H groups in total. The van der Waals surface area contributed by atoms with Crippen molar-refractivity contribution in [2.75, 3.05) is 31.1 Å². The maximum Gasteiger partial charge on any atom is 0.433 e. The Balaban J connectivity index is 2.13. The van der Waals surface area contributed by atoms with Crippen LogP contribution >= 0.6 is 0 Å². The van der Waals surface area contributed by atoms with E-state index < -0.39 is 11.9 Å². The first-order valence-corrected chi connectivity index (χ1v) is 7.50. The van der Waals surface area contributed by atoms with Gasteiger partial charge in [-0.15, -0.1) is 0 Å². The summed E-state index contributed by atoms with van der Waals surface area (Å²) in [5.74, 6) is 0.902. The van der Waals surface area contributed by atoms with Crippen molar-refractivity contribution in [1.82, 2.24) is 10.3 Å². The SMILES string of the molecule is CCCN(CC1CCCNC1)c1cccc(C(F)(F)F)n1. The summed E-state index contributed by atoms with van der Waals surface area (Å²) >= 11 is 0. The number of hydrogen-bond acceptors (Lipinski definition) is 3. The topological polar surface area (TPSA) is 28.2 Å². The first-order chi connectivity index (χ1) is 10.0. The van der Waals surface area contributed by atoms with Crippen LogP contribution in [0.1, 0.15) is 31.9 Å². The van der Waals surface area contributed by atoms with E-state index in [0.29, 0.717) is 11.7 Å². The predicted molar refractivity (Wildman–Crippen MR) is 77.3 cm³/mol. The third-order valence-electron chi connectivity index (χ3n) is 3.72. The lowest BCUT2D eigenvalue weighted by Crippen LogP contribution is -2.39. The molecule has 1 unspecified atom stereocenters. The number of piperidine rings is 1. The van der Waals surface area contributed by atoms with Crippen LogP contribution in [0.25, 0.3) is 0 Å². The number of alkyl halides is 3. The fraction of sp³-hybridized carbons (Fsp3) is 0.667. The Kier molecular flexibility index (Phi) is 5.45. The fourth-order valence-corrected chi connectivity index (χ4v) is 2.72. The van der Waals surface area contributed by atoms with Crippen LogP contribution in [0, 0.1) is 5.92 Å². The first kappa shape index (κ1) is 16.1. The van der Waals surface area contributed by atoms with Crippen LogP contribution in [0.3, 0.4) is 0 Å². The monoisotopic (exact) mass is 301 g/mol. The molecule has 1 saturated heterocycles. The van der Waals surface area contributed by atoms with Crippen LogP contribution in [0.15, 0.2) is 18.2 Å². The lowest BCUT2D eigenvalue weighted by atomic mass is 9.99. The molecule has 0 aliphatic carbocycles. The molecule has 1 atom stereocenters. The number of nitrogens with one attached hydrogen (secondary N) is 1.